The molecule has 1 rings (SSSR count). The predicted octanol–water partition coefficient (Wildman–Crippen LogP) is 3.10. The van der Waals surface area contributed by atoms with E-state index in [4.69, 9.17) is 4.74 Å². The number of hydrogen-bond acceptors (Lipinski definition) is 3. The fraction of sp³-hybridized carbons (Fsp3) is 0.647. The molecule has 0 bridgehead atoms. The standard InChI is InChI=1S/C17H29NO2/c1-5-18(12-13-20-6-2)16(14(3)4)17(19)15-10-8-7-9-11-15/h7-11,14,16-17,19H,5-6,12-13H2,1-4H3. The second kappa shape index (κ2) is 9.11. The van der Waals surface area contributed by atoms with Crippen molar-refractivity contribution < 1.29 is 9.84 Å². The molecule has 0 radical (unpaired) electrons. The lowest BCUT2D eigenvalue weighted by Crippen LogP contribution is -2.44. The van der Waals surface area contributed by atoms with Crippen LogP contribution in [0.2, 0.25) is 0 Å². The van der Waals surface area contributed by atoms with Crippen molar-refractivity contribution in [2.24, 2.45) is 5.92 Å². The molecule has 0 aliphatic carbocycles. The molecule has 114 valence electrons. The molecule has 0 saturated carbocycles. The van der Waals surface area contributed by atoms with Gasteiger partial charge < -0.3 is 9.84 Å². The van der Waals surface area contributed by atoms with Crippen LogP contribution < -0.4 is 0 Å². The Morgan fingerprint density at radius 3 is 2.30 bits per heavy atom. The molecule has 1 N–H and O–H groups in total. The van der Waals surface area contributed by atoms with Crippen molar-refractivity contribution in [1.29, 1.82) is 0 Å². The second-order valence-electron chi connectivity index (χ2n) is 5.42. The lowest BCUT2D eigenvalue weighted by molar-refractivity contribution is 0.00865. The van der Waals surface area contributed by atoms with Crippen LogP contribution in [0.25, 0.3) is 0 Å². The highest BCUT2D eigenvalue weighted by molar-refractivity contribution is 5.19. The van der Waals surface area contributed by atoms with Gasteiger partial charge in [0.25, 0.3) is 0 Å². The van der Waals surface area contributed by atoms with Crippen molar-refractivity contribution in [2.75, 3.05) is 26.3 Å². The zero-order valence-electron chi connectivity index (χ0n) is 13.2. The average molecular weight is 279 g/mol. The molecule has 2 unspecified atom stereocenters. The molecule has 1 aromatic rings. The summed E-state index contributed by atoms with van der Waals surface area (Å²) < 4.78 is 5.46. The number of aliphatic hydroxyl groups is 1. The van der Waals surface area contributed by atoms with Gasteiger partial charge in [-0.3, -0.25) is 4.90 Å². The van der Waals surface area contributed by atoms with E-state index in [0.29, 0.717) is 5.92 Å². The van der Waals surface area contributed by atoms with Gasteiger partial charge in [0.05, 0.1) is 12.7 Å². The van der Waals surface area contributed by atoms with Crippen molar-refractivity contribution in [3.05, 3.63) is 35.9 Å². The first-order valence-electron chi connectivity index (χ1n) is 7.66. The molecular formula is C17H29NO2. The average Bonchev–Trinajstić information content (AvgIpc) is 2.46. The van der Waals surface area contributed by atoms with Crippen LogP contribution in [-0.2, 0) is 4.74 Å². The van der Waals surface area contributed by atoms with Gasteiger partial charge in [0.15, 0.2) is 0 Å². The van der Waals surface area contributed by atoms with Gasteiger partial charge in [-0.15, -0.1) is 0 Å². The van der Waals surface area contributed by atoms with E-state index < -0.39 is 6.10 Å². The van der Waals surface area contributed by atoms with Gasteiger partial charge in [-0.05, 0) is 24.9 Å². The summed E-state index contributed by atoms with van der Waals surface area (Å²) in [6.45, 7) is 11.7. The fourth-order valence-corrected chi connectivity index (χ4v) is 2.68. The summed E-state index contributed by atoms with van der Waals surface area (Å²) >= 11 is 0. The smallest absolute Gasteiger partial charge is 0.0947 e. The van der Waals surface area contributed by atoms with Crippen LogP contribution in [-0.4, -0.2) is 42.4 Å². The lowest BCUT2D eigenvalue weighted by Gasteiger charge is -2.37. The van der Waals surface area contributed by atoms with Gasteiger partial charge in [-0.1, -0.05) is 51.1 Å². The molecular weight excluding hydrogens is 250 g/mol. The van der Waals surface area contributed by atoms with E-state index in [1.54, 1.807) is 0 Å². The summed E-state index contributed by atoms with van der Waals surface area (Å²) in [6.07, 6.45) is -0.460. The lowest BCUT2D eigenvalue weighted by atomic mass is 9.92. The summed E-state index contributed by atoms with van der Waals surface area (Å²) in [4.78, 5) is 2.32. The number of nitrogens with zero attached hydrogens (tertiary/aromatic N) is 1. The normalized spacial score (nSPS) is 14.8. The minimum absolute atomic E-state index is 0.114. The molecule has 0 spiro atoms. The van der Waals surface area contributed by atoms with Gasteiger partial charge in [0.1, 0.15) is 0 Å². The Morgan fingerprint density at radius 2 is 1.80 bits per heavy atom. The Hall–Kier alpha value is -0.900. The van der Waals surface area contributed by atoms with E-state index in [1.165, 1.54) is 0 Å². The quantitative estimate of drug-likeness (QED) is 0.705. The maximum absolute atomic E-state index is 10.7. The molecule has 3 heteroatoms. The summed E-state index contributed by atoms with van der Waals surface area (Å²) in [6, 6.07) is 10.0. The van der Waals surface area contributed by atoms with Crippen molar-refractivity contribution in [1.82, 2.24) is 4.90 Å². The highest BCUT2D eigenvalue weighted by Crippen LogP contribution is 2.26. The highest BCUT2D eigenvalue weighted by atomic mass is 16.5. The van der Waals surface area contributed by atoms with Gasteiger partial charge in [0.2, 0.25) is 0 Å². The summed E-state index contributed by atoms with van der Waals surface area (Å²) in [5, 5.41) is 10.7. The van der Waals surface area contributed by atoms with Gasteiger partial charge in [0, 0.05) is 19.2 Å². The third-order valence-electron chi connectivity index (χ3n) is 3.70. The molecule has 0 heterocycles. The van der Waals surface area contributed by atoms with Crippen LogP contribution in [0.5, 0.6) is 0 Å². The van der Waals surface area contributed by atoms with Gasteiger partial charge in [-0.25, -0.2) is 0 Å². The van der Waals surface area contributed by atoms with Gasteiger partial charge >= 0.3 is 0 Å². The first-order chi connectivity index (χ1) is 9.61. The molecule has 3 nitrogen and oxygen atoms in total. The Bertz CT molecular complexity index is 353. The van der Waals surface area contributed by atoms with E-state index in [2.05, 4.69) is 25.7 Å². The van der Waals surface area contributed by atoms with Crippen molar-refractivity contribution in [2.45, 2.75) is 39.8 Å². The predicted molar refractivity (Wildman–Crippen MR) is 83.8 cm³/mol. The van der Waals surface area contributed by atoms with Gasteiger partial charge in [-0.2, -0.15) is 0 Å². The SMILES string of the molecule is CCOCCN(CC)C(C(C)C)C(O)c1ccccc1. The van der Waals surface area contributed by atoms with Crippen LogP contribution in [0, 0.1) is 5.92 Å². The number of ether oxygens (including phenoxy) is 1. The van der Waals surface area contributed by atoms with E-state index in [9.17, 15) is 5.11 Å². The molecule has 0 saturated heterocycles. The molecule has 2 atom stereocenters. The van der Waals surface area contributed by atoms with E-state index in [0.717, 1.165) is 31.9 Å². The Labute approximate surface area is 123 Å². The van der Waals surface area contributed by atoms with Crippen LogP contribution in [0.3, 0.4) is 0 Å². The van der Waals surface area contributed by atoms with Crippen LogP contribution in [0.4, 0.5) is 0 Å². The first kappa shape index (κ1) is 17.2. The zero-order valence-corrected chi connectivity index (χ0v) is 13.2. The molecule has 20 heavy (non-hydrogen) atoms. The summed E-state index contributed by atoms with van der Waals surface area (Å²) in [5.74, 6) is 0.381. The minimum atomic E-state index is -0.460. The van der Waals surface area contributed by atoms with Crippen LogP contribution in [0.15, 0.2) is 30.3 Å². The maximum atomic E-state index is 10.7. The monoisotopic (exact) mass is 279 g/mol. The molecule has 1 aromatic carbocycles. The molecule has 0 aromatic heterocycles. The van der Waals surface area contributed by atoms with Crippen LogP contribution >= 0.6 is 0 Å². The number of benzene rings is 1. The van der Waals surface area contributed by atoms with Crippen molar-refractivity contribution in [3.63, 3.8) is 0 Å². The number of hydrogen-bond donors (Lipinski definition) is 1. The first-order valence-corrected chi connectivity index (χ1v) is 7.66. The Kier molecular flexibility index (Phi) is 7.82. The third kappa shape index (κ3) is 4.89. The summed E-state index contributed by atoms with van der Waals surface area (Å²) in [5.41, 5.74) is 0.987. The van der Waals surface area contributed by atoms with E-state index >= 15 is 0 Å². The maximum Gasteiger partial charge on any atom is 0.0947 e. The van der Waals surface area contributed by atoms with E-state index in [-0.39, 0.29) is 6.04 Å². The minimum Gasteiger partial charge on any atom is -0.387 e. The zero-order chi connectivity index (χ0) is 15.0. The number of aliphatic hydroxyl groups excluding tert-OH is 1. The van der Waals surface area contributed by atoms with Crippen LogP contribution in [0.1, 0.15) is 39.4 Å². The summed E-state index contributed by atoms with van der Waals surface area (Å²) in [7, 11) is 0. The fourth-order valence-electron chi connectivity index (χ4n) is 2.68. The van der Waals surface area contributed by atoms with E-state index in [1.807, 2.05) is 37.3 Å². The van der Waals surface area contributed by atoms with Crippen molar-refractivity contribution >= 4 is 0 Å². The molecule has 0 aliphatic heterocycles. The largest absolute Gasteiger partial charge is 0.387 e. The third-order valence-corrected chi connectivity index (χ3v) is 3.70. The molecule has 0 aliphatic rings. The topological polar surface area (TPSA) is 32.7 Å². The van der Waals surface area contributed by atoms with Crippen molar-refractivity contribution in [3.8, 4) is 0 Å². The Morgan fingerprint density at radius 1 is 1.15 bits per heavy atom. The Balaban J connectivity index is 2.80. The molecule has 0 amide bonds. The number of likely N-dealkylation sites (N-methyl/N-ethyl adjacent to an activating group) is 1. The highest BCUT2D eigenvalue weighted by Gasteiger charge is 2.28. The molecule has 0 fully saturated rings. The number of rotatable bonds is 9. The second-order valence-corrected chi connectivity index (χ2v) is 5.42.